The van der Waals surface area contributed by atoms with Gasteiger partial charge in [-0.2, -0.15) is 0 Å². The van der Waals surface area contributed by atoms with Gasteiger partial charge in [-0.1, -0.05) is 27.2 Å². The number of nitrogens with zero attached hydrogens (tertiary/aromatic N) is 2. The van der Waals surface area contributed by atoms with Crippen LogP contribution in [0.4, 0.5) is 0 Å². The zero-order valence-electron chi connectivity index (χ0n) is 12.7. The Morgan fingerprint density at radius 3 is 2.17 bits per heavy atom. The summed E-state index contributed by atoms with van der Waals surface area (Å²) in [5.41, 5.74) is 0. The van der Waals surface area contributed by atoms with Crippen molar-refractivity contribution < 1.29 is 4.74 Å². The SMILES string of the molecule is CC.CCCCN1CCC(N2CCOCC2)CC1. The van der Waals surface area contributed by atoms with Gasteiger partial charge in [-0.15, -0.1) is 0 Å². The molecule has 2 aliphatic rings. The molecule has 0 unspecified atom stereocenters. The second-order valence-corrected chi connectivity index (χ2v) is 5.07. The Morgan fingerprint density at radius 1 is 1.00 bits per heavy atom. The summed E-state index contributed by atoms with van der Waals surface area (Å²) in [6.45, 7) is 14.4. The van der Waals surface area contributed by atoms with Crippen molar-refractivity contribution in [1.29, 1.82) is 0 Å². The molecular weight excluding hydrogens is 224 g/mol. The van der Waals surface area contributed by atoms with E-state index in [0.29, 0.717) is 0 Å². The first-order valence-corrected chi connectivity index (χ1v) is 7.94. The Kier molecular flexibility index (Phi) is 8.64. The van der Waals surface area contributed by atoms with Gasteiger partial charge in [0.1, 0.15) is 0 Å². The van der Waals surface area contributed by atoms with E-state index in [0.717, 1.165) is 32.3 Å². The monoisotopic (exact) mass is 256 g/mol. The summed E-state index contributed by atoms with van der Waals surface area (Å²) in [6.07, 6.45) is 5.42. The third kappa shape index (κ3) is 5.25. The highest BCUT2D eigenvalue weighted by Crippen LogP contribution is 2.17. The number of likely N-dealkylation sites (tertiary alicyclic amines) is 1. The van der Waals surface area contributed by atoms with E-state index >= 15 is 0 Å². The van der Waals surface area contributed by atoms with Crippen molar-refractivity contribution in [2.45, 2.75) is 52.5 Å². The first-order chi connectivity index (χ1) is 8.90. The predicted molar refractivity (Wildman–Crippen MR) is 78.1 cm³/mol. The summed E-state index contributed by atoms with van der Waals surface area (Å²) < 4.78 is 5.41. The quantitative estimate of drug-likeness (QED) is 0.769. The van der Waals surface area contributed by atoms with E-state index in [2.05, 4.69) is 16.7 Å². The Balaban J connectivity index is 0.000000771. The van der Waals surface area contributed by atoms with Crippen LogP contribution in [0.15, 0.2) is 0 Å². The lowest BCUT2D eigenvalue weighted by molar-refractivity contribution is 0.000837. The molecular formula is C15H32N2O. The topological polar surface area (TPSA) is 15.7 Å². The van der Waals surface area contributed by atoms with Crippen molar-refractivity contribution >= 4 is 0 Å². The zero-order chi connectivity index (χ0) is 13.2. The van der Waals surface area contributed by atoms with Gasteiger partial charge in [-0.05, 0) is 38.9 Å². The average molecular weight is 256 g/mol. The molecule has 0 aromatic heterocycles. The predicted octanol–water partition coefficient (Wildman–Crippen LogP) is 2.61. The Bertz CT molecular complexity index is 185. The van der Waals surface area contributed by atoms with Crippen molar-refractivity contribution in [3.8, 4) is 0 Å². The number of hydrogen-bond acceptors (Lipinski definition) is 3. The Labute approximate surface area is 113 Å². The molecule has 0 N–H and O–H groups in total. The molecule has 2 rings (SSSR count). The summed E-state index contributed by atoms with van der Waals surface area (Å²) in [7, 11) is 0. The maximum atomic E-state index is 5.41. The van der Waals surface area contributed by atoms with Gasteiger partial charge < -0.3 is 9.64 Å². The first kappa shape index (κ1) is 15.9. The van der Waals surface area contributed by atoms with Crippen LogP contribution in [0.3, 0.4) is 0 Å². The molecule has 0 amide bonds. The van der Waals surface area contributed by atoms with E-state index < -0.39 is 0 Å². The van der Waals surface area contributed by atoms with Crippen LogP contribution < -0.4 is 0 Å². The molecule has 0 spiro atoms. The highest BCUT2D eigenvalue weighted by atomic mass is 16.5. The molecule has 2 heterocycles. The minimum absolute atomic E-state index is 0.835. The third-order valence-corrected chi connectivity index (χ3v) is 3.95. The molecule has 2 saturated heterocycles. The molecule has 0 saturated carbocycles. The highest BCUT2D eigenvalue weighted by molar-refractivity contribution is 4.80. The highest BCUT2D eigenvalue weighted by Gasteiger charge is 2.25. The summed E-state index contributed by atoms with van der Waals surface area (Å²) in [5, 5.41) is 0. The van der Waals surface area contributed by atoms with Crippen molar-refractivity contribution in [2.24, 2.45) is 0 Å². The van der Waals surface area contributed by atoms with Crippen molar-refractivity contribution in [2.75, 3.05) is 45.9 Å². The van der Waals surface area contributed by atoms with Crippen LogP contribution >= 0.6 is 0 Å². The molecule has 3 nitrogen and oxygen atoms in total. The van der Waals surface area contributed by atoms with Crippen LogP contribution in [0.5, 0.6) is 0 Å². The van der Waals surface area contributed by atoms with Crippen molar-refractivity contribution in [3.63, 3.8) is 0 Å². The van der Waals surface area contributed by atoms with Crippen LogP contribution in [0.25, 0.3) is 0 Å². The molecule has 108 valence electrons. The Morgan fingerprint density at radius 2 is 1.61 bits per heavy atom. The molecule has 0 bridgehead atoms. The fourth-order valence-corrected chi connectivity index (χ4v) is 2.83. The summed E-state index contributed by atoms with van der Waals surface area (Å²) in [5.74, 6) is 0. The van der Waals surface area contributed by atoms with Crippen LogP contribution in [0.2, 0.25) is 0 Å². The van der Waals surface area contributed by atoms with Gasteiger partial charge in [0.25, 0.3) is 0 Å². The van der Waals surface area contributed by atoms with E-state index in [1.54, 1.807) is 0 Å². The number of ether oxygens (including phenoxy) is 1. The zero-order valence-corrected chi connectivity index (χ0v) is 12.7. The van der Waals surface area contributed by atoms with Crippen LogP contribution in [0.1, 0.15) is 46.5 Å². The molecule has 0 aromatic carbocycles. The van der Waals surface area contributed by atoms with Gasteiger partial charge in [-0.3, -0.25) is 4.90 Å². The van der Waals surface area contributed by atoms with E-state index in [1.807, 2.05) is 13.8 Å². The normalized spacial score (nSPS) is 23.5. The molecule has 2 fully saturated rings. The van der Waals surface area contributed by atoms with E-state index in [9.17, 15) is 0 Å². The lowest BCUT2D eigenvalue weighted by Crippen LogP contribution is -2.49. The molecule has 0 atom stereocenters. The van der Waals surface area contributed by atoms with Crippen LogP contribution in [0, 0.1) is 0 Å². The molecule has 18 heavy (non-hydrogen) atoms. The van der Waals surface area contributed by atoms with Gasteiger partial charge in [0, 0.05) is 19.1 Å². The molecule has 0 aromatic rings. The van der Waals surface area contributed by atoms with Gasteiger partial charge in [0.2, 0.25) is 0 Å². The summed E-state index contributed by atoms with van der Waals surface area (Å²) in [4.78, 5) is 5.28. The molecule has 3 heteroatoms. The summed E-state index contributed by atoms with van der Waals surface area (Å²) >= 11 is 0. The number of morpholine rings is 1. The number of piperidine rings is 1. The second-order valence-electron chi connectivity index (χ2n) is 5.07. The van der Waals surface area contributed by atoms with Gasteiger partial charge >= 0.3 is 0 Å². The number of hydrogen-bond donors (Lipinski definition) is 0. The molecule has 0 radical (unpaired) electrons. The summed E-state index contributed by atoms with van der Waals surface area (Å²) in [6, 6.07) is 0.835. The number of rotatable bonds is 4. The van der Waals surface area contributed by atoms with E-state index in [1.165, 1.54) is 45.3 Å². The third-order valence-electron chi connectivity index (χ3n) is 3.95. The maximum Gasteiger partial charge on any atom is 0.0594 e. The minimum Gasteiger partial charge on any atom is -0.379 e. The standard InChI is InChI=1S/C13H26N2O.C2H6/c1-2-3-6-14-7-4-13(5-8-14)15-9-11-16-12-10-15;1-2/h13H,2-12H2,1H3;1-2H3. The van der Waals surface area contributed by atoms with Crippen molar-refractivity contribution in [1.82, 2.24) is 9.80 Å². The average Bonchev–Trinajstić information content (AvgIpc) is 2.49. The minimum atomic E-state index is 0.835. The lowest BCUT2D eigenvalue weighted by atomic mass is 10.0. The molecule has 2 aliphatic heterocycles. The van der Waals surface area contributed by atoms with Gasteiger partial charge in [0.15, 0.2) is 0 Å². The largest absolute Gasteiger partial charge is 0.379 e. The van der Waals surface area contributed by atoms with Crippen LogP contribution in [-0.2, 0) is 4.74 Å². The number of unbranched alkanes of at least 4 members (excludes halogenated alkanes) is 1. The lowest BCUT2D eigenvalue weighted by Gasteiger charge is -2.40. The first-order valence-electron chi connectivity index (χ1n) is 7.94. The van der Waals surface area contributed by atoms with Gasteiger partial charge in [-0.25, -0.2) is 0 Å². The van der Waals surface area contributed by atoms with Crippen molar-refractivity contribution in [3.05, 3.63) is 0 Å². The van der Waals surface area contributed by atoms with E-state index in [4.69, 9.17) is 4.74 Å². The van der Waals surface area contributed by atoms with E-state index in [-0.39, 0.29) is 0 Å². The fourth-order valence-electron chi connectivity index (χ4n) is 2.83. The maximum absolute atomic E-state index is 5.41. The van der Waals surface area contributed by atoms with Crippen LogP contribution in [-0.4, -0.2) is 61.8 Å². The fraction of sp³-hybridized carbons (Fsp3) is 1.00. The second kappa shape index (κ2) is 9.76. The molecule has 0 aliphatic carbocycles. The smallest absolute Gasteiger partial charge is 0.0594 e. The van der Waals surface area contributed by atoms with Gasteiger partial charge in [0.05, 0.1) is 13.2 Å². The Hall–Kier alpha value is -0.120.